The summed E-state index contributed by atoms with van der Waals surface area (Å²) in [6.07, 6.45) is 5.46. The van der Waals surface area contributed by atoms with Gasteiger partial charge in [0.15, 0.2) is 0 Å². The molecule has 2 saturated heterocycles. The molecule has 2 aromatic carbocycles. The number of benzene rings is 2. The van der Waals surface area contributed by atoms with Crippen LogP contribution in [0, 0.1) is 0 Å². The average molecular weight is 421 g/mol. The number of morpholine rings is 1. The van der Waals surface area contributed by atoms with E-state index in [1.165, 1.54) is 36.0 Å². The minimum atomic E-state index is -0.224. The van der Waals surface area contributed by atoms with Crippen LogP contribution in [0.4, 0.5) is 4.79 Å². The van der Waals surface area contributed by atoms with E-state index in [-0.39, 0.29) is 11.7 Å². The fourth-order valence-electron chi connectivity index (χ4n) is 5.11. The van der Waals surface area contributed by atoms with Gasteiger partial charge in [-0.05, 0) is 47.9 Å². The second-order valence-electron chi connectivity index (χ2n) is 9.25. The van der Waals surface area contributed by atoms with E-state index in [4.69, 9.17) is 9.47 Å². The third-order valence-electron chi connectivity index (χ3n) is 6.93. The van der Waals surface area contributed by atoms with Crippen LogP contribution in [0.25, 0.3) is 11.1 Å². The number of carbonyl (C=O) groups is 1. The Labute approximate surface area is 184 Å². The topological polar surface area (TPSA) is 42.0 Å². The van der Waals surface area contributed by atoms with Crippen molar-refractivity contribution in [3.63, 3.8) is 0 Å². The lowest BCUT2D eigenvalue weighted by Gasteiger charge is -2.30. The van der Waals surface area contributed by atoms with Crippen LogP contribution >= 0.6 is 0 Å². The maximum Gasteiger partial charge on any atom is 0.410 e. The van der Waals surface area contributed by atoms with Crippen LogP contribution in [-0.2, 0) is 22.6 Å². The quantitative estimate of drug-likeness (QED) is 0.694. The molecule has 0 radical (unpaired) electrons. The Morgan fingerprint density at radius 1 is 0.774 bits per heavy atom. The standard InChI is InChI=1S/C26H32N2O3/c29-25-28(20-26(31-25)12-2-1-3-13-26)19-22-6-10-24(11-7-22)23-8-4-21(5-9-23)18-27-14-16-30-17-15-27/h4-11H,1-3,12-20H2. The normalized spacial score (nSPS) is 21.4. The summed E-state index contributed by atoms with van der Waals surface area (Å²) in [6.45, 7) is 6.03. The molecule has 1 amide bonds. The molecule has 0 N–H and O–H groups in total. The van der Waals surface area contributed by atoms with Gasteiger partial charge in [0.25, 0.3) is 0 Å². The second-order valence-corrected chi connectivity index (χ2v) is 9.25. The zero-order chi connectivity index (χ0) is 21.1. The van der Waals surface area contributed by atoms with Crippen LogP contribution in [0.2, 0.25) is 0 Å². The van der Waals surface area contributed by atoms with Crippen LogP contribution in [0.15, 0.2) is 48.5 Å². The molecular formula is C26H32N2O3. The minimum Gasteiger partial charge on any atom is -0.441 e. The van der Waals surface area contributed by atoms with Gasteiger partial charge in [0, 0.05) is 26.2 Å². The van der Waals surface area contributed by atoms with Crippen molar-refractivity contribution in [1.29, 1.82) is 0 Å². The highest BCUT2D eigenvalue weighted by Gasteiger charge is 2.45. The number of hydrogen-bond acceptors (Lipinski definition) is 4. The molecule has 3 aliphatic rings. The predicted octanol–water partition coefficient (Wildman–Crippen LogP) is 4.84. The highest BCUT2D eigenvalue weighted by Crippen LogP contribution is 2.37. The molecular weight excluding hydrogens is 388 g/mol. The van der Waals surface area contributed by atoms with Crippen LogP contribution in [0.5, 0.6) is 0 Å². The molecule has 164 valence electrons. The summed E-state index contributed by atoms with van der Waals surface area (Å²) in [5.74, 6) is 0. The van der Waals surface area contributed by atoms with Gasteiger partial charge in [-0.3, -0.25) is 9.80 Å². The number of nitrogens with zero attached hydrogens (tertiary/aromatic N) is 2. The fourth-order valence-corrected chi connectivity index (χ4v) is 5.11. The lowest BCUT2D eigenvalue weighted by Crippen LogP contribution is -2.36. The number of amides is 1. The third-order valence-corrected chi connectivity index (χ3v) is 6.93. The molecule has 2 heterocycles. The van der Waals surface area contributed by atoms with Crippen molar-refractivity contribution in [3.8, 4) is 11.1 Å². The van der Waals surface area contributed by atoms with E-state index in [2.05, 4.69) is 53.4 Å². The Morgan fingerprint density at radius 2 is 1.35 bits per heavy atom. The summed E-state index contributed by atoms with van der Waals surface area (Å²) in [5, 5.41) is 0. The van der Waals surface area contributed by atoms with Crippen molar-refractivity contribution in [1.82, 2.24) is 9.80 Å². The predicted molar refractivity (Wildman–Crippen MR) is 121 cm³/mol. The summed E-state index contributed by atoms with van der Waals surface area (Å²) < 4.78 is 11.2. The minimum absolute atomic E-state index is 0.151. The van der Waals surface area contributed by atoms with Gasteiger partial charge < -0.3 is 9.47 Å². The van der Waals surface area contributed by atoms with E-state index in [1.54, 1.807) is 0 Å². The molecule has 1 aliphatic carbocycles. The van der Waals surface area contributed by atoms with Crippen molar-refractivity contribution >= 4 is 6.09 Å². The Bertz CT molecular complexity index is 882. The third kappa shape index (κ3) is 4.78. The molecule has 0 atom stereocenters. The first-order chi connectivity index (χ1) is 15.2. The summed E-state index contributed by atoms with van der Waals surface area (Å²) in [6, 6.07) is 17.4. The number of hydrogen-bond donors (Lipinski definition) is 0. The molecule has 3 fully saturated rings. The molecule has 5 nitrogen and oxygen atoms in total. The summed E-state index contributed by atoms with van der Waals surface area (Å²) >= 11 is 0. The first-order valence-corrected chi connectivity index (χ1v) is 11.7. The highest BCUT2D eigenvalue weighted by atomic mass is 16.6. The molecule has 0 aromatic heterocycles. The molecule has 1 saturated carbocycles. The number of carbonyl (C=O) groups excluding carboxylic acids is 1. The van der Waals surface area contributed by atoms with Crippen molar-refractivity contribution in [2.75, 3.05) is 32.8 Å². The van der Waals surface area contributed by atoms with Gasteiger partial charge in [-0.2, -0.15) is 0 Å². The second kappa shape index (κ2) is 9.01. The molecule has 31 heavy (non-hydrogen) atoms. The van der Waals surface area contributed by atoms with E-state index >= 15 is 0 Å². The lowest BCUT2D eigenvalue weighted by molar-refractivity contribution is 0.0260. The van der Waals surface area contributed by atoms with Gasteiger partial charge in [0.05, 0.1) is 19.8 Å². The van der Waals surface area contributed by atoms with Crippen LogP contribution in [0.3, 0.4) is 0 Å². The Hall–Kier alpha value is -2.37. The zero-order valence-corrected chi connectivity index (χ0v) is 18.2. The average Bonchev–Trinajstić information content (AvgIpc) is 3.10. The van der Waals surface area contributed by atoms with Crippen molar-refractivity contribution in [3.05, 3.63) is 59.7 Å². The Balaban J connectivity index is 1.19. The SMILES string of the molecule is O=C1OC2(CCCCC2)CN1Cc1ccc(-c2ccc(CN3CCOCC3)cc2)cc1. The largest absolute Gasteiger partial charge is 0.441 e. The molecule has 0 bridgehead atoms. The summed E-state index contributed by atoms with van der Waals surface area (Å²) in [4.78, 5) is 16.7. The smallest absolute Gasteiger partial charge is 0.410 e. The van der Waals surface area contributed by atoms with Gasteiger partial charge in [0.2, 0.25) is 0 Å². The number of rotatable bonds is 5. The van der Waals surface area contributed by atoms with Crippen molar-refractivity contribution < 1.29 is 14.3 Å². The van der Waals surface area contributed by atoms with Crippen molar-refractivity contribution in [2.24, 2.45) is 0 Å². The van der Waals surface area contributed by atoms with Crippen LogP contribution < -0.4 is 0 Å². The van der Waals surface area contributed by atoms with Gasteiger partial charge in [0.1, 0.15) is 5.60 Å². The van der Waals surface area contributed by atoms with Crippen molar-refractivity contribution in [2.45, 2.75) is 50.8 Å². The van der Waals surface area contributed by atoms with Gasteiger partial charge in [-0.15, -0.1) is 0 Å². The summed E-state index contributed by atoms with van der Waals surface area (Å²) in [7, 11) is 0. The maximum atomic E-state index is 12.4. The van der Waals surface area contributed by atoms with E-state index in [9.17, 15) is 4.79 Å². The Morgan fingerprint density at radius 3 is 1.97 bits per heavy atom. The van der Waals surface area contributed by atoms with E-state index in [0.717, 1.165) is 57.8 Å². The first-order valence-electron chi connectivity index (χ1n) is 11.7. The van der Waals surface area contributed by atoms with E-state index in [0.29, 0.717) is 6.54 Å². The van der Waals surface area contributed by atoms with E-state index in [1.807, 2.05) is 4.90 Å². The zero-order valence-electron chi connectivity index (χ0n) is 18.2. The monoisotopic (exact) mass is 420 g/mol. The van der Waals surface area contributed by atoms with E-state index < -0.39 is 0 Å². The maximum absolute atomic E-state index is 12.4. The molecule has 5 rings (SSSR count). The molecule has 2 aliphatic heterocycles. The fraction of sp³-hybridized carbons (Fsp3) is 0.500. The summed E-state index contributed by atoms with van der Waals surface area (Å²) in [5.41, 5.74) is 4.69. The lowest BCUT2D eigenvalue weighted by atomic mass is 9.85. The molecule has 1 spiro atoms. The van der Waals surface area contributed by atoms with Gasteiger partial charge >= 0.3 is 6.09 Å². The van der Waals surface area contributed by atoms with Crippen LogP contribution in [0.1, 0.15) is 43.2 Å². The first kappa shape index (κ1) is 20.5. The van der Waals surface area contributed by atoms with Gasteiger partial charge in [-0.25, -0.2) is 4.79 Å². The molecule has 2 aromatic rings. The molecule has 5 heteroatoms. The van der Waals surface area contributed by atoms with Crippen LogP contribution in [-0.4, -0.2) is 54.3 Å². The number of ether oxygens (including phenoxy) is 2. The molecule has 0 unspecified atom stereocenters. The Kier molecular flexibility index (Phi) is 5.97. The highest BCUT2D eigenvalue weighted by molar-refractivity contribution is 5.71. The van der Waals surface area contributed by atoms with Gasteiger partial charge in [-0.1, -0.05) is 55.0 Å².